The van der Waals surface area contributed by atoms with Crippen LogP contribution in [-0.4, -0.2) is 12.5 Å². The molecule has 3 rings (SSSR count). The third-order valence-corrected chi connectivity index (χ3v) is 4.46. The fourth-order valence-corrected chi connectivity index (χ4v) is 3.69. The topological polar surface area (TPSA) is 38.3 Å². The summed E-state index contributed by atoms with van der Waals surface area (Å²) in [5, 5.41) is 5.71. The maximum absolute atomic E-state index is 12.2. The van der Waals surface area contributed by atoms with Gasteiger partial charge in [0.1, 0.15) is 0 Å². The number of nitrogens with one attached hydrogen (secondary N) is 1. The van der Waals surface area contributed by atoms with Gasteiger partial charge in [-0.1, -0.05) is 59.6 Å². The Labute approximate surface area is 157 Å². The molecule has 3 aromatic carbocycles. The van der Waals surface area contributed by atoms with E-state index in [4.69, 9.17) is 27.9 Å². The first kappa shape index (κ1) is 17.1. The molecule has 0 radical (unpaired) electrons. The number of hydrogen-bond acceptors (Lipinski definition) is 2. The number of fused-ring (bicyclic) bond motifs is 1. The summed E-state index contributed by atoms with van der Waals surface area (Å²) < 4.78 is 6.11. The van der Waals surface area contributed by atoms with Gasteiger partial charge in [0.05, 0.1) is 9.50 Å². The van der Waals surface area contributed by atoms with Gasteiger partial charge in [-0.25, -0.2) is 0 Å². The summed E-state index contributed by atoms with van der Waals surface area (Å²) in [6.45, 7) is -0.164. The standard InChI is InChI=1S/C18H12BrCl2NO2/c19-14-8-12(20)9-15(21)18(14)24-10-17(23)22-16-7-3-5-11-4-1-2-6-13(11)16/h1-9H,10H2,(H,22,23). The maximum atomic E-state index is 12.2. The molecule has 3 aromatic rings. The number of carbonyl (C=O) groups excluding carboxylic acids is 1. The Bertz CT molecular complexity index is 886. The lowest BCUT2D eigenvalue weighted by Gasteiger charge is -2.12. The van der Waals surface area contributed by atoms with Crippen LogP contribution in [0.15, 0.2) is 59.1 Å². The van der Waals surface area contributed by atoms with Crippen LogP contribution < -0.4 is 10.1 Å². The Morgan fingerprint density at radius 1 is 1.08 bits per heavy atom. The molecular weight excluding hydrogens is 413 g/mol. The second-order valence-electron chi connectivity index (χ2n) is 5.06. The summed E-state index contributed by atoms with van der Waals surface area (Å²) in [5.41, 5.74) is 0.739. The highest BCUT2D eigenvalue weighted by atomic mass is 79.9. The molecule has 1 N–H and O–H groups in total. The van der Waals surface area contributed by atoms with Gasteiger partial charge in [0.25, 0.3) is 5.91 Å². The second kappa shape index (κ2) is 7.43. The van der Waals surface area contributed by atoms with Crippen LogP contribution in [0.3, 0.4) is 0 Å². The molecule has 1 amide bonds. The van der Waals surface area contributed by atoms with Gasteiger partial charge < -0.3 is 10.1 Å². The third-order valence-electron chi connectivity index (χ3n) is 3.37. The average Bonchev–Trinajstić information content (AvgIpc) is 2.54. The highest BCUT2D eigenvalue weighted by molar-refractivity contribution is 9.10. The van der Waals surface area contributed by atoms with Crippen molar-refractivity contribution < 1.29 is 9.53 Å². The van der Waals surface area contributed by atoms with Crippen molar-refractivity contribution in [2.75, 3.05) is 11.9 Å². The highest BCUT2D eigenvalue weighted by Crippen LogP contribution is 2.36. The van der Waals surface area contributed by atoms with Crippen molar-refractivity contribution in [2.24, 2.45) is 0 Å². The molecule has 24 heavy (non-hydrogen) atoms. The van der Waals surface area contributed by atoms with E-state index in [0.29, 0.717) is 20.3 Å². The molecule has 6 heteroatoms. The number of ether oxygens (including phenoxy) is 1. The second-order valence-corrected chi connectivity index (χ2v) is 6.76. The number of rotatable bonds is 4. The average molecular weight is 425 g/mol. The van der Waals surface area contributed by atoms with Crippen molar-refractivity contribution in [3.63, 3.8) is 0 Å². The van der Waals surface area contributed by atoms with Crippen LogP contribution in [0.1, 0.15) is 0 Å². The van der Waals surface area contributed by atoms with Crippen LogP contribution in [0.4, 0.5) is 5.69 Å². The first-order chi connectivity index (χ1) is 11.5. The lowest BCUT2D eigenvalue weighted by molar-refractivity contribution is -0.118. The van der Waals surface area contributed by atoms with E-state index in [-0.39, 0.29) is 12.5 Å². The van der Waals surface area contributed by atoms with Crippen LogP contribution in [0.5, 0.6) is 5.75 Å². The van der Waals surface area contributed by atoms with E-state index < -0.39 is 0 Å². The minimum absolute atomic E-state index is 0.164. The van der Waals surface area contributed by atoms with Crippen molar-refractivity contribution >= 4 is 61.5 Å². The highest BCUT2D eigenvalue weighted by Gasteiger charge is 2.12. The van der Waals surface area contributed by atoms with Crippen LogP contribution in [0, 0.1) is 0 Å². The number of halogens is 3. The summed E-state index contributed by atoms with van der Waals surface area (Å²) in [6.07, 6.45) is 0. The molecule has 0 unspecified atom stereocenters. The van der Waals surface area contributed by atoms with E-state index in [1.165, 1.54) is 0 Å². The Morgan fingerprint density at radius 2 is 1.83 bits per heavy atom. The van der Waals surface area contributed by atoms with Gasteiger partial charge in [-0.05, 0) is 39.5 Å². The molecular formula is C18H12BrCl2NO2. The van der Waals surface area contributed by atoms with E-state index in [0.717, 1.165) is 16.5 Å². The molecule has 0 aliphatic rings. The zero-order chi connectivity index (χ0) is 17.1. The molecule has 0 fully saturated rings. The van der Waals surface area contributed by atoms with Crippen molar-refractivity contribution in [3.8, 4) is 5.75 Å². The third kappa shape index (κ3) is 3.83. The van der Waals surface area contributed by atoms with Crippen LogP contribution in [-0.2, 0) is 4.79 Å². The van der Waals surface area contributed by atoms with Gasteiger partial charge in [0.15, 0.2) is 12.4 Å². The first-order valence-electron chi connectivity index (χ1n) is 7.09. The molecule has 0 saturated heterocycles. The van der Waals surface area contributed by atoms with E-state index in [2.05, 4.69) is 21.2 Å². The van der Waals surface area contributed by atoms with E-state index in [1.807, 2.05) is 42.5 Å². The molecule has 122 valence electrons. The number of anilines is 1. The van der Waals surface area contributed by atoms with Crippen molar-refractivity contribution in [1.29, 1.82) is 0 Å². The Kier molecular flexibility index (Phi) is 5.29. The minimum Gasteiger partial charge on any atom is -0.481 e. The normalized spacial score (nSPS) is 10.6. The van der Waals surface area contributed by atoms with Crippen LogP contribution in [0.2, 0.25) is 10.0 Å². The number of hydrogen-bond donors (Lipinski definition) is 1. The molecule has 0 aromatic heterocycles. The monoisotopic (exact) mass is 423 g/mol. The lowest BCUT2D eigenvalue weighted by atomic mass is 10.1. The molecule has 0 aliphatic carbocycles. The summed E-state index contributed by atoms with van der Waals surface area (Å²) in [5.74, 6) is 0.110. The van der Waals surface area contributed by atoms with Crippen molar-refractivity contribution in [3.05, 3.63) is 69.1 Å². The van der Waals surface area contributed by atoms with Crippen LogP contribution >= 0.6 is 39.1 Å². The molecule has 0 aliphatic heterocycles. The largest absolute Gasteiger partial charge is 0.481 e. The van der Waals surface area contributed by atoms with E-state index in [1.54, 1.807) is 12.1 Å². The minimum atomic E-state index is -0.274. The predicted molar refractivity (Wildman–Crippen MR) is 102 cm³/mol. The number of carbonyl (C=O) groups is 1. The van der Waals surface area contributed by atoms with Gasteiger partial charge in [-0.15, -0.1) is 0 Å². The number of amides is 1. The Balaban J connectivity index is 1.72. The smallest absolute Gasteiger partial charge is 0.262 e. The molecule has 0 saturated carbocycles. The fourth-order valence-electron chi connectivity index (χ4n) is 2.33. The predicted octanol–water partition coefficient (Wildman–Crippen LogP) is 5.93. The number of benzene rings is 3. The molecule has 0 atom stereocenters. The lowest BCUT2D eigenvalue weighted by Crippen LogP contribution is -2.20. The molecule has 3 nitrogen and oxygen atoms in total. The summed E-state index contributed by atoms with van der Waals surface area (Å²) in [4.78, 5) is 12.2. The van der Waals surface area contributed by atoms with E-state index in [9.17, 15) is 4.79 Å². The quantitative estimate of drug-likeness (QED) is 0.563. The molecule has 0 spiro atoms. The zero-order valence-corrected chi connectivity index (χ0v) is 15.5. The summed E-state index contributed by atoms with van der Waals surface area (Å²) in [7, 11) is 0. The molecule has 0 bridgehead atoms. The Hall–Kier alpha value is -1.75. The zero-order valence-electron chi connectivity index (χ0n) is 12.4. The van der Waals surface area contributed by atoms with E-state index >= 15 is 0 Å². The maximum Gasteiger partial charge on any atom is 0.262 e. The van der Waals surface area contributed by atoms with Crippen molar-refractivity contribution in [1.82, 2.24) is 0 Å². The molecule has 0 heterocycles. The van der Waals surface area contributed by atoms with Gasteiger partial charge in [-0.3, -0.25) is 4.79 Å². The summed E-state index contributed by atoms with van der Waals surface area (Å²) in [6, 6.07) is 16.8. The SMILES string of the molecule is O=C(COc1c(Cl)cc(Cl)cc1Br)Nc1cccc2ccccc12. The Morgan fingerprint density at radius 3 is 2.62 bits per heavy atom. The van der Waals surface area contributed by atoms with Gasteiger partial charge in [0.2, 0.25) is 0 Å². The van der Waals surface area contributed by atoms with Crippen molar-refractivity contribution in [2.45, 2.75) is 0 Å². The van der Waals surface area contributed by atoms with Gasteiger partial charge >= 0.3 is 0 Å². The van der Waals surface area contributed by atoms with Gasteiger partial charge in [-0.2, -0.15) is 0 Å². The fraction of sp³-hybridized carbons (Fsp3) is 0.0556. The van der Waals surface area contributed by atoms with Gasteiger partial charge in [0, 0.05) is 16.1 Å². The van der Waals surface area contributed by atoms with Crippen LogP contribution in [0.25, 0.3) is 10.8 Å². The summed E-state index contributed by atoms with van der Waals surface area (Å²) >= 11 is 15.3. The first-order valence-corrected chi connectivity index (χ1v) is 8.64.